The van der Waals surface area contributed by atoms with Crippen molar-refractivity contribution in [1.82, 2.24) is 9.97 Å². The van der Waals surface area contributed by atoms with Crippen LogP contribution in [0.4, 0.5) is 19.0 Å². The van der Waals surface area contributed by atoms with Crippen LogP contribution in [0.25, 0.3) is 11.3 Å². The van der Waals surface area contributed by atoms with Gasteiger partial charge in [0.15, 0.2) is 0 Å². The number of thiophene rings is 1. The van der Waals surface area contributed by atoms with Crippen molar-refractivity contribution in [3.05, 3.63) is 28.7 Å². The summed E-state index contributed by atoms with van der Waals surface area (Å²) in [7, 11) is 0. The van der Waals surface area contributed by atoms with Gasteiger partial charge in [-0.05, 0) is 17.9 Å². The molecular formula is C12H12F3N3S. The molecule has 1 N–H and O–H groups in total. The van der Waals surface area contributed by atoms with Crippen LogP contribution in [0.3, 0.4) is 0 Å². The molecule has 0 radical (unpaired) electrons. The van der Waals surface area contributed by atoms with Gasteiger partial charge >= 0.3 is 6.18 Å². The Bertz CT molecular complexity index is 538. The Balaban J connectivity index is 2.43. The highest BCUT2D eigenvalue weighted by Crippen LogP contribution is 2.30. The highest BCUT2D eigenvalue weighted by atomic mass is 32.1. The van der Waals surface area contributed by atoms with Crippen LogP contribution in [-0.2, 0) is 6.18 Å². The second kappa shape index (κ2) is 5.56. The predicted molar refractivity (Wildman–Crippen MR) is 69.1 cm³/mol. The molecule has 3 nitrogen and oxygen atoms in total. The molecule has 2 aromatic rings. The number of nitrogens with one attached hydrogen (secondary N) is 1. The molecule has 0 saturated carbocycles. The molecule has 0 atom stereocenters. The molecule has 0 saturated heterocycles. The van der Waals surface area contributed by atoms with E-state index in [0.29, 0.717) is 12.1 Å². The van der Waals surface area contributed by atoms with E-state index >= 15 is 0 Å². The van der Waals surface area contributed by atoms with Gasteiger partial charge in [-0.25, -0.2) is 9.97 Å². The normalized spacial score (nSPS) is 11.6. The monoisotopic (exact) mass is 287 g/mol. The molecule has 2 rings (SSSR count). The summed E-state index contributed by atoms with van der Waals surface area (Å²) >= 11 is 1.41. The maximum absolute atomic E-state index is 12.8. The molecule has 0 fully saturated rings. The van der Waals surface area contributed by atoms with E-state index in [1.54, 1.807) is 16.8 Å². The average Bonchev–Trinajstić information content (AvgIpc) is 2.89. The first-order chi connectivity index (χ1) is 9.00. The Morgan fingerprint density at radius 1 is 1.32 bits per heavy atom. The highest BCUT2D eigenvalue weighted by molar-refractivity contribution is 7.08. The van der Waals surface area contributed by atoms with Gasteiger partial charge in [-0.3, -0.25) is 0 Å². The SMILES string of the molecule is CCCNc1cc(-c2ccsc2)nc(C(F)(F)F)n1. The van der Waals surface area contributed by atoms with E-state index < -0.39 is 12.0 Å². The Kier molecular flexibility index (Phi) is 4.04. The largest absolute Gasteiger partial charge is 0.451 e. The first kappa shape index (κ1) is 13.8. The molecule has 2 heterocycles. The van der Waals surface area contributed by atoms with Crippen molar-refractivity contribution >= 4 is 17.2 Å². The predicted octanol–water partition coefficient (Wildman–Crippen LogP) is 4.05. The van der Waals surface area contributed by atoms with Gasteiger partial charge in [-0.2, -0.15) is 24.5 Å². The van der Waals surface area contributed by atoms with E-state index in [0.717, 1.165) is 6.42 Å². The second-order valence-electron chi connectivity index (χ2n) is 3.90. The summed E-state index contributed by atoms with van der Waals surface area (Å²) in [5.41, 5.74) is 0.944. The molecule has 0 spiro atoms. The maximum Gasteiger partial charge on any atom is 0.451 e. The molecule has 0 aliphatic heterocycles. The zero-order chi connectivity index (χ0) is 13.9. The molecule has 0 aliphatic carbocycles. The minimum atomic E-state index is -4.55. The van der Waals surface area contributed by atoms with Gasteiger partial charge in [0.05, 0.1) is 5.69 Å². The molecule has 0 amide bonds. The number of aromatic nitrogens is 2. The van der Waals surface area contributed by atoms with Crippen LogP contribution in [0.1, 0.15) is 19.2 Å². The van der Waals surface area contributed by atoms with Gasteiger partial charge in [0.25, 0.3) is 0 Å². The Labute approximate surface area is 112 Å². The van der Waals surface area contributed by atoms with E-state index in [-0.39, 0.29) is 11.5 Å². The van der Waals surface area contributed by atoms with Crippen molar-refractivity contribution in [2.24, 2.45) is 0 Å². The summed E-state index contributed by atoms with van der Waals surface area (Å²) in [6, 6.07) is 3.27. The Morgan fingerprint density at radius 3 is 2.68 bits per heavy atom. The molecule has 19 heavy (non-hydrogen) atoms. The van der Waals surface area contributed by atoms with Gasteiger partial charge < -0.3 is 5.32 Å². The molecule has 0 unspecified atom stereocenters. The smallest absolute Gasteiger partial charge is 0.370 e. The lowest BCUT2D eigenvalue weighted by atomic mass is 10.2. The molecule has 2 aromatic heterocycles. The second-order valence-corrected chi connectivity index (χ2v) is 4.68. The first-order valence-electron chi connectivity index (χ1n) is 5.73. The molecular weight excluding hydrogens is 275 g/mol. The number of hydrogen-bond donors (Lipinski definition) is 1. The van der Waals surface area contributed by atoms with Gasteiger partial charge in [0, 0.05) is 23.6 Å². The van der Waals surface area contributed by atoms with Crippen molar-refractivity contribution in [2.75, 3.05) is 11.9 Å². The zero-order valence-corrected chi connectivity index (χ0v) is 11.0. The van der Waals surface area contributed by atoms with Crippen LogP contribution in [0.5, 0.6) is 0 Å². The van der Waals surface area contributed by atoms with Gasteiger partial charge in [0.1, 0.15) is 5.82 Å². The van der Waals surface area contributed by atoms with E-state index in [2.05, 4.69) is 15.3 Å². The van der Waals surface area contributed by atoms with Crippen LogP contribution in [0.2, 0.25) is 0 Å². The molecule has 102 valence electrons. The fourth-order valence-corrected chi connectivity index (χ4v) is 2.13. The van der Waals surface area contributed by atoms with E-state index in [1.807, 2.05) is 6.92 Å². The van der Waals surface area contributed by atoms with E-state index in [4.69, 9.17) is 0 Å². The first-order valence-corrected chi connectivity index (χ1v) is 6.67. The summed E-state index contributed by atoms with van der Waals surface area (Å²) in [6.07, 6.45) is -3.74. The summed E-state index contributed by atoms with van der Waals surface area (Å²) in [6.45, 7) is 2.50. The van der Waals surface area contributed by atoms with Gasteiger partial charge in [-0.15, -0.1) is 0 Å². The van der Waals surface area contributed by atoms with Gasteiger partial charge in [0.2, 0.25) is 5.82 Å². The Hall–Kier alpha value is -1.63. The minimum Gasteiger partial charge on any atom is -0.370 e. The fraction of sp³-hybridized carbons (Fsp3) is 0.333. The van der Waals surface area contributed by atoms with Crippen molar-refractivity contribution in [1.29, 1.82) is 0 Å². The quantitative estimate of drug-likeness (QED) is 0.922. The number of alkyl halides is 3. The van der Waals surface area contributed by atoms with Crippen LogP contribution in [-0.4, -0.2) is 16.5 Å². The number of halogens is 3. The third-order valence-electron chi connectivity index (χ3n) is 2.35. The van der Waals surface area contributed by atoms with Crippen molar-refractivity contribution < 1.29 is 13.2 Å². The van der Waals surface area contributed by atoms with Crippen molar-refractivity contribution in [2.45, 2.75) is 19.5 Å². The van der Waals surface area contributed by atoms with Gasteiger partial charge in [-0.1, -0.05) is 6.92 Å². The average molecular weight is 287 g/mol. The highest BCUT2D eigenvalue weighted by Gasteiger charge is 2.35. The Morgan fingerprint density at radius 2 is 2.11 bits per heavy atom. The minimum absolute atomic E-state index is 0.199. The third kappa shape index (κ3) is 3.44. The molecule has 0 aromatic carbocycles. The number of nitrogens with zero attached hydrogens (tertiary/aromatic N) is 2. The standard InChI is InChI=1S/C12H12F3N3S/c1-2-4-16-10-6-9(8-3-5-19-7-8)17-11(18-10)12(13,14)15/h3,5-7H,2,4H2,1H3,(H,16,17,18). The number of hydrogen-bond acceptors (Lipinski definition) is 4. The number of anilines is 1. The lowest BCUT2D eigenvalue weighted by molar-refractivity contribution is -0.144. The van der Waals surface area contributed by atoms with Crippen LogP contribution in [0.15, 0.2) is 22.9 Å². The lowest BCUT2D eigenvalue weighted by Gasteiger charge is -2.10. The van der Waals surface area contributed by atoms with Crippen molar-refractivity contribution in [3.63, 3.8) is 0 Å². The zero-order valence-electron chi connectivity index (χ0n) is 10.2. The molecule has 0 bridgehead atoms. The number of rotatable bonds is 4. The molecule has 7 heteroatoms. The summed E-state index contributed by atoms with van der Waals surface area (Å²) < 4.78 is 38.3. The molecule has 0 aliphatic rings. The lowest BCUT2D eigenvalue weighted by Crippen LogP contribution is -2.14. The van der Waals surface area contributed by atoms with Crippen LogP contribution in [0, 0.1) is 0 Å². The van der Waals surface area contributed by atoms with Crippen LogP contribution >= 0.6 is 11.3 Å². The van der Waals surface area contributed by atoms with E-state index in [1.165, 1.54) is 17.4 Å². The topological polar surface area (TPSA) is 37.8 Å². The van der Waals surface area contributed by atoms with Crippen molar-refractivity contribution in [3.8, 4) is 11.3 Å². The summed E-state index contributed by atoms with van der Waals surface area (Å²) in [4.78, 5) is 7.09. The maximum atomic E-state index is 12.8. The third-order valence-corrected chi connectivity index (χ3v) is 3.04. The summed E-state index contributed by atoms with van der Waals surface area (Å²) in [5.74, 6) is -0.917. The van der Waals surface area contributed by atoms with E-state index in [9.17, 15) is 13.2 Å². The summed E-state index contributed by atoms with van der Waals surface area (Å²) in [5, 5.41) is 6.41. The van der Waals surface area contributed by atoms with Crippen LogP contribution < -0.4 is 5.32 Å². The fourth-order valence-electron chi connectivity index (χ4n) is 1.48.